The van der Waals surface area contributed by atoms with Crippen LogP contribution in [-0.4, -0.2) is 38.5 Å². The van der Waals surface area contributed by atoms with Gasteiger partial charge in [-0.25, -0.2) is 23.1 Å². The van der Waals surface area contributed by atoms with E-state index in [1.54, 1.807) is 11.3 Å². The minimum Gasteiger partial charge on any atom is -0.357 e. The van der Waals surface area contributed by atoms with Crippen LogP contribution in [0.25, 0.3) is 0 Å². The first-order valence-electron chi connectivity index (χ1n) is 9.78. The van der Waals surface area contributed by atoms with Crippen molar-refractivity contribution >= 4 is 27.3 Å². The third-order valence-corrected chi connectivity index (χ3v) is 6.38. The summed E-state index contributed by atoms with van der Waals surface area (Å²) in [6.45, 7) is 9.77. The van der Waals surface area contributed by atoms with Crippen molar-refractivity contribution in [1.29, 1.82) is 0 Å². The van der Waals surface area contributed by atoms with E-state index in [1.807, 2.05) is 51.2 Å². The van der Waals surface area contributed by atoms with E-state index < -0.39 is 10.0 Å². The quantitative estimate of drug-likeness (QED) is 0.392. The van der Waals surface area contributed by atoms with Gasteiger partial charge in [-0.1, -0.05) is 24.3 Å². The molecular weight excluding hydrogens is 406 g/mol. The average molecular weight is 438 g/mol. The van der Waals surface area contributed by atoms with Gasteiger partial charge < -0.3 is 10.6 Å². The van der Waals surface area contributed by atoms with Gasteiger partial charge in [0.05, 0.1) is 17.3 Å². The van der Waals surface area contributed by atoms with Crippen molar-refractivity contribution in [2.24, 2.45) is 4.99 Å². The lowest BCUT2D eigenvalue weighted by atomic mass is 10.1. The molecule has 0 aliphatic heterocycles. The molecule has 0 aliphatic rings. The Morgan fingerprint density at radius 1 is 1.17 bits per heavy atom. The summed E-state index contributed by atoms with van der Waals surface area (Å²) in [6.07, 6.45) is 2.75. The molecule has 7 nitrogen and oxygen atoms in total. The van der Waals surface area contributed by atoms with Gasteiger partial charge in [0, 0.05) is 36.6 Å². The van der Waals surface area contributed by atoms with Crippen LogP contribution in [0.1, 0.15) is 41.8 Å². The van der Waals surface area contributed by atoms with Gasteiger partial charge in [-0.05, 0) is 38.8 Å². The van der Waals surface area contributed by atoms with E-state index in [1.165, 1.54) is 4.88 Å². The van der Waals surface area contributed by atoms with Gasteiger partial charge in [0.2, 0.25) is 10.0 Å². The molecule has 0 saturated carbocycles. The number of aromatic nitrogens is 1. The lowest BCUT2D eigenvalue weighted by Gasteiger charge is -2.11. The number of benzene rings is 1. The van der Waals surface area contributed by atoms with E-state index >= 15 is 0 Å². The highest BCUT2D eigenvalue weighted by molar-refractivity contribution is 7.88. The molecule has 0 spiro atoms. The van der Waals surface area contributed by atoms with Crippen LogP contribution in [0.15, 0.2) is 35.5 Å². The smallest absolute Gasteiger partial charge is 0.216 e. The van der Waals surface area contributed by atoms with Crippen LogP contribution >= 0.6 is 11.3 Å². The Bertz CT molecular complexity index is 890. The third-order valence-electron chi connectivity index (χ3n) is 3.86. The standard InChI is InChI=1S/C20H31N5O2S2/c1-5-21-20(22-11-10-19-23-12-16(4)28-19)24-13-17-6-8-18(9-7-17)14-29(26,27)25-15(2)3/h6-9,12,15,25H,5,10-11,13-14H2,1-4H3,(H2,21,22,24). The predicted molar refractivity (Wildman–Crippen MR) is 121 cm³/mol. The van der Waals surface area contributed by atoms with E-state index in [2.05, 4.69) is 32.3 Å². The molecule has 1 aromatic carbocycles. The Morgan fingerprint density at radius 2 is 1.86 bits per heavy atom. The monoisotopic (exact) mass is 437 g/mol. The van der Waals surface area contributed by atoms with E-state index in [0.29, 0.717) is 6.54 Å². The molecule has 0 atom stereocenters. The van der Waals surface area contributed by atoms with Crippen LogP contribution in [0.4, 0.5) is 0 Å². The Morgan fingerprint density at radius 3 is 2.45 bits per heavy atom. The van der Waals surface area contributed by atoms with Crippen LogP contribution < -0.4 is 15.4 Å². The summed E-state index contributed by atoms with van der Waals surface area (Å²) in [7, 11) is -3.31. The maximum atomic E-state index is 12.0. The van der Waals surface area contributed by atoms with Gasteiger partial charge >= 0.3 is 0 Å². The number of hydrogen-bond donors (Lipinski definition) is 3. The Hall–Kier alpha value is -1.97. The first kappa shape index (κ1) is 23.3. The van der Waals surface area contributed by atoms with Crippen LogP contribution in [0.2, 0.25) is 0 Å². The number of aliphatic imine (C=N–C) groups is 1. The Balaban J connectivity index is 1.89. The molecule has 0 fully saturated rings. The summed E-state index contributed by atoms with van der Waals surface area (Å²) in [6, 6.07) is 7.42. The summed E-state index contributed by atoms with van der Waals surface area (Å²) in [5.41, 5.74) is 1.78. The highest BCUT2D eigenvalue weighted by atomic mass is 32.2. The first-order chi connectivity index (χ1) is 13.8. The van der Waals surface area contributed by atoms with E-state index in [0.717, 1.165) is 41.6 Å². The average Bonchev–Trinajstić information content (AvgIpc) is 3.04. The van der Waals surface area contributed by atoms with Crippen molar-refractivity contribution in [1.82, 2.24) is 20.3 Å². The lowest BCUT2D eigenvalue weighted by Crippen LogP contribution is -2.38. The van der Waals surface area contributed by atoms with Crippen molar-refractivity contribution in [3.05, 3.63) is 51.5 Å². The molecule has 0 aliphatic carbocycles. The van der Waals surface area contributed by atoms with Crippen molar-refractivity contribution in [2.45, 2.75) is 52.5 Å². The number of sulfonamides is 1. The molecule has 0 amide bonds. The molecule has 0 unspecified atom stereocenters. The van der Waals surface area contributed by atoms with E-state index in [9.17, 15) is 8.42 Å². The number of rotatable bonds is 10. The number of aryl methyl sites for hydroxylation is 1. The number of hydrogen-bond acceptors (Lipinski definition) is 5. The van der Waals surface area contributed by atoms with E-state index in [4.69, 9.17) is 0 Å². The van der Waals surface area contributed by atoms with Crippen molar-refractivity contribution in [3.8, 4) is 0 Å². The lowest BCUT2D eigenvalue weighted by molar-refractivity contribution is 0.569. The highest BCUT2D eigenvalue weighted by Crippen LogP contribution is 2.11. The molecule has 0 bridgehead atoms. The maximum absolute atomic E-state index is 12.0. The third kappa shape index (κ3) is 8.93. The zero-order valence-corrected chi connectivity index (χ0v) is 19.2. The molecule has 1 heterocycles. The van der Waals surface area contributed by atoms with Gasteiger partial charge in [-0.2, -0.15) is 0 Å². The van der Waals surface area contributed by atoms with Crippen molar-refractivity contribution < 1.29 is 8.42 Å². The van der Waals surface area contributed by atoms with E-state index in [-0.39, 0.29) is 11.8 Å². The molecule has 3 N–H and O–H groups in total. The fraction of sp³-hybridized carbons (Fsp3) is 0.500. The van der Waals surface area contributed by atoms with Gasteiger partial charge in [-0.15, -0.1) is 11.3 Å². The topological polar surface area (TPSA) is 95.5 Å². The SMILES string of the molecule is CCNC(=NCc1ccc(CS(=O)(=O)NC(C)C)cc1)NCCc1ncc(C)s1. The van der Waals surface area contributed by atoms with Gasteiger partial charge in [0.1, 0.15) is 0 Å². The summed E-state index contributed by atoms with van der Waals surface area (Å²) < 4.78 is 26.7. The Labute approximate surface area is 178 Å². The molecule has 0 saturated heterocycles. The van der Waals surface area contributed by atoms with Crippen LogP contribution in [0.3, 0.4) is 0 Å². The first-order valence-corrected chi connectivity index (χ1v) is 12.3. The molecule has 2 rings (SSSR count). The molecule has 1 aromatic heterocycles. The minimum absolute atomic E-state index is 0.0187. The van der Waals surface area contributed by atoms with Crippen LogP contribution in [0, 0.1) is 6.92 Å². The predicted octanol–water partition coefficient (Wildman–Crippen LogP) is 2.58. The number of guanidine groups is 1. The van der Waals surface area contributed by atoms with Crippen molar-refractivity contribution in [3.63, 3.8) is 0 Å². The molecular formula is C20H31N5O2S2. The minimum atomic E-state index is -3.31. The van der Waals surface area contributed by atoms with Crippen LogP contribution in [-0.2, 0) is 28.7 Å². The van der Waals surface area contributed by atoms with Crippen LogP contribution in [0.5, 0.6) is 0 Å². The zero-order chi connectivity index (χ0) is 21.3. The second kappa shape index (κ2) is 11.3. The molecule has 29 heavy (non-hydrogen) atoms. The molecule has 0 radical (unpaired) electrons. The largest absolute Gasteiger partial charge is 0.357 e. The molecule has 2 aromatic rings. The second-order valence-electron chi connectivity index (χ2n) is 7.08. The fourth-order valence-corrected chi connectivity index (χ4v) is 4.90. The fourth-order valence-electron chi connectivity index (χ4n) is 2.68. The number of nitrogens with zero attached hydrogens (tertiary/aromatic N) is 2. The summed E-state index contributed by atoms with van der Waals surface area (Å²) in [4.78, 5) is 10.2. The summed E-state index contributed by atoms with van der Waals surface area (Å²) in [5.74, 6) is 0.739. The summed E-state index contributed by atoms with van der Waals surface area (Å²) in [5, 5.41) is 7.68. The molecule has 160 valence electrons. The van der Waals surface area contributed by atoms with Crippen molar-refractivity contribution in [2.75, 3.05) is 13.1 Å². The highest BCUT2D eigenvalue weighted by Gasteiger charge is 2.12. The summed E-state index contributed by atoms with van der Waals surface area (Å²) >= 11 is 1.71. The van der Waals surface area contributed by atoms with Gasteiger partial charge in [-0.3, -0.25) is 0 Å². The number of nitrogens with one attached hydrogen (secondary N) is 3. The Kier molecular flexibility index (Phi) is 9.06. The zero-order valence-electron chi connectivity index (χ0n) is 17.5. The second-order valence-corrected chi connectivity index (χ2v) is 10.2. The molecule has 9 heteroatoms. The normalized spacial score (nSPS) is 12.4. The van der Waals surface area contributed by atoms with Gasteiger partial charge in [0.15, 0.2) is 5.96 Å². The van der Waals surface area contributed by atoms with Gasteiger partial charge in [0.25, 0.3) is 0 Å². The number of thiazole rings is 1. The maximum Gasteiger partial charge on any atom is 0.216 e.